The van der Waals surface area contributed by atoms with Crippen molar-refractivity contribution >= 4 is 35.3 Å². The first-order valence-corrected chi connectivity index (χ1v) is 7.52. The molecule has 0 aliphatic carbocycles. The lowest BCUT2D eigenvalue weighted by Crippen LogP contribution is -1.98. The zero-order chi connectivity index (χ0) is 16.8. The second-order valence-electron chi connectivity index (χ2n) is 5.28. The monoisotopic (exact) mass is 316 g/mol. The van der Waals surface area contributed by atoms with Gasteiger partial charge in [-0.25, -0.2) is 0 Å². The molecule has 0 fully saturated rings. The predicted octanol–water partition coefficient (Wildman–Crippen LogP) is 4.80. The highest BCUT2D eigenvalue weighted by Crippen LogP contribution is 2.26. The Hall–Kier alpha value is -3.40. The number of hydrogen-bond acceptors (Lipinski definition) is 4. The number of carbonyl (C=O) groups is 2. The van der Waals surface area contributed by atoms with Gasteiger partial charge in [0.05, 0.1) is 5.69 Å². The molecule has 0 heterocycles. The summed E-state index contributed by atoms with van der Waals surface area (Å²) in [6.45, 7) is 0. The summed E-state index contributed by atoms with van der Waals surface area (Å²) in [5, 5.41) is 6.51. The van der Waals surface area contributed by atoms with E-state index in [2.05, 4.69) is 10.6 Å². The van der Waals surface area contributed by atoms with Gasteiger partial charge in [-0.1, -0.05) is 18.2 Å². The molecule has 0 amide bonds. The van der Waals surface area contributed by atoms with Crippen molar-refractivity contribution in [2.45, 2.75) is 0 Å². The molecular weight excluding hydrogens is 300 g/mol. The van der Waals surface area contributed by atoms with E-state index in [4.69, 9.17) is 0 Å². The van der Waals surface area contributed by atoms with E-state index >= 15 is 0 Å². The SMILES string of the molecule is O=Cc1ccc(Nc2ccc(C=O)c(Nc3ccccc3)c2)cc1. The number of benzene rings is 3. The van der Waals surface area contributed by atoms with E-state index in [1.54, 1.807) is 18.2 Å². The summed E-state index contributed by atoms with van der Waals surface area (Å²) in [5.41, 5.74) is 4.56. The Kier molecular flexibility index (Phi) is 4.68. The van der Waals surface area contributed by atoms with Crippen molar-refractivity contribution in [2.24, 2.45) is 0 Å². The Bertz CT molecular complexity index is 843. The van der Waals surface area contributed by atoms with Crippen LogP contribution in [0.2, 0.25) is 0 Å². The van der Waals surface area contributed by atoms with Crippen LogP contribution >= 0.6 is 0 Å². The summed E-state index contributed by atoms with van der Waals surface area (Å²) >= 11 is 0. The molecule has 4 nitrogen and oxygen atoms in total. The van der Waals surface area contributed by atoms with Gasteiger partial charge in [-0.05, 0) is 54.6 Å². The standard InChI is InChI=1S/C20H16N2O2/c23-13-15-6-9-18(10-7-15)21-19-11-8-16(14-24)20(12-19)22-17-4-2-1-3-5-17/h1-14,21-22H. The van der Waals surface area contributed by atoms with Crippen molar-refractivity contribution in [2.75, 3.05) is 10.6 Å². The first-order valence-electron chi connectivity index (χ1n) is 7.52. The molecule has 0 spiro atoms. The summed E-state index contributed by atoms with van der Waals surface area (Å²) in [6, 6.07) is 22.3. The third-order valence-corrected chi connectivity index (χ3v) is 3.57. The normalized spacial score (nSPS) is 10.0. The van der Waals surface area contributed by atoms with Crippen LogP contribution in [-0.4, -0.2) is 12.6 Å². The first-order chi connectivity index (χ1) is 11.8. The van der Waals surface area contributed by atoms with Gasteiger partial charge in [-0.2, -0.15) is 0 Å². The number of nitrogens with one attached hydrogen (secondary N) is 2. The number of aldehydes is 2. The van der Waals surface area contributed by atoms with Crippen molar-refractivity contribution in [3.8, 4) is 0 Å². The molecule has 0 atom stereocenters. The molecule has 0 aromatic heterocycles. The van der Waals surface area contributed by atoms with E-state index < -0.39 is 0 Å². The van der Waals surface area contributed by atoms with Crippen LogP contribution in [0.15, 0.2) is 72.8 Å². The fraction of sp³-hybridized carbons (Fsp3) is 0. The molecule has 0 unspecified atom stereocenters. The second-order valence-corrected chi connectivity index (χ2v) is 5.28. The van der Waals surface area contributed by atoms with E-state index in [9.17, 15) is 9.59 Å². The fourth-order valence-electron chi connectivity index (χ4n) is 2.33. The zero-order valence-corrected chi connectivity index (χ0v) is 12.9. The highest BCUT2D eigenvalue weighted by Gasteiger charge is 2.05. The number of hydrogen-bond donors (Lipinski definition) is 2. The highest BCUT2D eigenvalue weighted by molar-refractivity contribution is 5.88. The van der Waals surface area contributed by atoms with Crippen LogP contribution < -0.4 is 10.6 Å². The predicted molar refractivity (Wildman–Crippen MR) is 96.7 cm³/mol. The lowest BCUT2D eigenvalue weighted by molar-refractivity contribution is 0.111. The van der Waals surface area contributed by atoms with Crippen molar-refractivity contribution in [3.63, 3.8) is 0 Å². The molecule has 24 heavy (non-hydrogen) atoms. The van der Waals surface area contributed by atoms with Crippen LogP contribution in [0.4, 0.5) is 22.7 Å². The topological polar surface area (TPSA) is 58.2 Å². The molecule has 2 N–H and O–H groups in total. The van der Waals surface area contributed by atoms with Gasteiger partial charge in [-0.15, -0.1) is 0 Å². The molecule has 4 heteroatoms. The molecule has 3 aromatic rings. The van der Waals surface area contributed by atoms with Gasteiger partial charge in [0.2, 0.25) is 0 Å². The Morgan fingerprint density at radius 2 is 1.29 bits per heavy atom. The molecule has 3 aromatic carbocycles. The summed E-state index contributed by atoms with van der Waals surface area (Å²) in [5.74, 6) is 0. The first kappa shape index (κ1) is 15.5. The van der Waals surface area contributed by atoms with E-state index in [0.717, 1.165) is 35.3 Å². The van der Waals surface area contributed by atoms with E-state index in [0.29, 0.717) is 11.1 Å². The van der Waals surface area contributed by atoms with Crippen LogP contribution in [0, 0.1) is 0 Å². The number of para-hydroxylation sites is 1. The third-order valence-electron chi connectivity index (χ3n) is 3.57. The van der Waals surface area contributed by atoms with Crippen molar-refractivity contribution in [1.82, 2.24) is 0 Å². The lowest BCUT2D eigenvalue weighted by atomic mass is 10.1. The largest absolute Gasteiger partial charge is 0.355 e. The molecule has 0 radical (unpaired) electrons. The second kappa shape index (κ2) is 7.24. The minimum absolute atomic E-state index is 0.584. The smallest absolute Gasteiger partial charge is 0.152 e. The summed E-state index contributed by atoms with van der Waals surface area (Å²) in [7, 11) is 0. The number of anilines is 4. The van der Waals surface area contributed by atoms with Crippen LogP contribution in [-0.2, 0) is 0 Å². The minimum Gasteiger partial charge on any atom is -0.355 e. The summed E-state index contributed by atoms with van der Waals surface area (Å²) in [6.07, 6.45) is 1.64. The average molecular weight is 316 g/mol. The lowest BCUT2D eigenvalue weighted by Gasteiger charge is -2.12. The summed E-state index contributed by atoms with van der Waals surface area (Å²) in [4.78, 5) is 22.0. The molecule has 0 aliphatic rings. The van der Waals surface area contributed by atoms with E-state index in [-0.39, 0.29) is 0 Å². The Morgan fingerprint density at radius 1 is 0.625 bits per heavy atom. The maximum absolute atomic E-state index is 11.3. The van der Waals surface area contributed by atoms with Gasteiger partial charge in [0, 0.05) is 28.2 Å². The minimum atomic E-state index is 0.584. The van der Waals surface area contributed by atoms with Crippen molar-refractivity contribution in [3.05, 3.63) is 83.9 Å². The molecule has 0 saturated heterocycles. The maximum Gasteiger partial charge on any atom is 0.152 e. The van der Waals surface area contributed by atoms with Gasteiger partial charge < -0.3 is 10.6 Å². The van der Waals surface area contributed by atoms with Crippen LogP contribution in [0.25, 0.3) is 0 Å². The van der Waals surface area contributed by atoms with Gasteiger partial charge in [0.25, 0.3) is 0 Å². The quantitative estimate of drug-likeness (QED) is 0.641. The molecule has 118 valence electrons. The third kappa shape index (κ3) is 3.67. The molecule has 0 bridgehead atoms. The zero-order valence-electron chi connectivity index (χ0n) is 12.9. The molecule has 0 aliphatic heterocycles. The van der Waals surface area contributed by atoms with E-state index in [1.807, 2.05) is 54.6 Å². The van der Waals surface area contributed by atoms with Crippen LogP contribution in [0.1, 0.15) is 20.7 Å². The Labute approximate surface area is 140 Å². The van der Waals surface area contributed by atoms with Crippen molar-refractivity contribution in [1.29, 1.82) is 0 Å². The highest BCUT2D eigenvalue weighted by atomic mass is 16.1. The molecular formula is C20H16N2O2. The molecule has 3 rings (SSSR count). The van der Waals surface area contributed by atoms with Crippen molar-refractivity contribution < 1.29 is 9.59 Å². The summed E-state index contributed by atoms with van der Waals surface area (Å²) < 4.78 is 0. The average Bonchev–Trinajstić information content (AvgIpc) is 2.63. The number of rotatable bonds is 6. The van der Waals surface area contributed by atoms with Crippen LogP contribution in [0.3, 0.4) is 0 Å². The fourth-order valence-corrected chi connectivity index (χ4v) is 2.33. The van der Waals surface area contributed by atoms with Gasteiger partial charge >= 0.3 is 0 Å². The maximum atomic E-state index is 11.3. The Morgan fingerprint density at radius 3 is 1.96 bits per heavy atom. The van der Waals surface area contributed by atoms with E-state index in [1.165, 1.54) is 0 Å². The van der Waals surface area contributed by atoms with Crippen LogP contribution in [0.5, 0.6) is 0 Å². The van der Waals surface area contributed by atoms with Gasteiger partial charge in [0.15, 0.2) is 6.29 Å². The molecule has 0 saturated carbocycles. The Balaban J connectivity index is 1.85. The van der Waals surface area contributed by atoms with Gasteiger partial charge in [-0.3, -0.25) is 9.59 Å². The number of carbonyl (C=O) groups excluding carboxylic acids is 2. The van der Waals surface area contributed by atoms with Gasteiger partial charge in [0.1, 0.15) is 6.29 Å².